The SMILES string of the molecule is O=C(c1n[nH]c2c1COCC2)N1C[C@H]2COC[C@@]2(CO)C1. The summed E-state index contributed by atoms with van der Waals surface area (Å²) in [5, 5.41) is 16.8. The molecule has 2 N–H and O–H groups in total. The first kappa shape index (κ1) is 13.2. The van der Waals surface area contributed by atoms with Crippen molar-refractivity contribution in [2.45, 2.75) is 13.0 Å². The quantitative estimate of drug-likeness (QED) is 0.772. The molecular weight excluding hydrogens is 274 g/mol. The number of fused-ring (bicyclic) bond motifs is 2. The van der Waals surface area contributed by atoms with E-state index >= 15 is 0 Å². The predicted molar refractivity (Wildman–Crippen MR) is 71.7 cm³/mol. The number of aliphatic hydroxyl groups excluding tert-OH is 1. The third kappa shape index (κ3) is 1.91. The molecule has 0 aliphatic carbocycles. The number of amides is 1. The summed E-state index contributed by atoms with van der Waals surface area (Å²) in [4.78, 5) is 14.5. The summed E-state index contributed by atoms with van der Waals surface area (Å²) in [5.41, 5.74) is 2.07. The first-order valence-corrected chi connectivity index (χ1v) is 7.35. The monoisotopic (exact) mass is 293 g/mol. The van der Waals surface area contributed by atoms with Gasteiger partial charge in [-0.15, -0.1) is 0 Å². The molecule has 0 aromatic carbocycles. The van der Waals surface area contributed by atoms with E-state index in [2.05, 4.69) is 10.2 Å². The maximum absolute atomic E-state index is 12.7. The molecule has 0 bridgehead atoms. The average molecular weight is 293 g/mol. The van der Waals surface area contributed by atoms with Crippen molar-refractivity contribution in [1.29, 1.82) is 0 Å². The molecule has 7 heteroatoms. The zero-order valence-electron chi connectivity index (χ0n) is 11.8. The Bertz CT molecular complexity index is 573. The van der Waals surface area contributed by atoms with Crippen LogP contribution in [0.2, 0.25) is 0 Å². The largest absolute Gasteiger partial charge is 0.396 e. The highest BCUT2D eigenvalue weighted by Gasteiger charge is 2.52. The number of aliphatic hydroxyl groups is 1. The van der Waals surface area contributed by atoms with Crippen LogP contribution < -0.4 is 0 Å². The van der Waals surface area contributed by atoms with Crippen molar-refractivity contribution in [3.8, 4) is 0 Å². The number of aromatic amines is 1. The second-order valence-corrected chi connectivity index (χ2v) is 6.25. The lowest BCUT2D eigenvalue weighted by Gasteiger charge is -2.24. The van der Waals surface area contributed by atoms with E-state index in [0.29, 0.717) is 45.2 Å². The minimum absolute atomic E-state index is 0.0588. The van der Waals surface area contributed by atoms with Crippen molar-refractivity contribution in [3.63, 3.8) is 0 Å². The molecule has 2 saturated heterocycles. The number of rotatable bonds is 2. The minimum Gasteiger partial charge on any atom is -0.396 e. The number of nitrogens with zero attached hydrogens (tertiary/aromatic N) is 2. The average Bonchev–Trinajstić information content (AvgIpc) is 3.18. The number of H-pyrrole nitrogens is 1. The molecule has 2 atom stereocenters. The van der Waals surface area contributed by atoms with Crippen LogP contribution in [-0.4, -0.2) is 65.6 Å². The van der Waals surface area contributed by atoms with Crippen LogP contribution >= 0.6 is 0 Å². The standard InChI is InChI=1S/C14H19N3O4/c18-7-14-6-17(3-9(14)4-21-8-14)13(19)12-10-5-20-2-1-11(10)15-16-12/h9,18H,1-8H2,(H,15,16)/t9-,14-/m0/s1. The predicted octanol–water partition coefficient (Wildman–Crippen LogP) is -0.437. The molecule has 0 spiro atoms. The topological polar surface area (TPSA) is 87.7 Å². The number of ether oxygens (including phenoxy) is 2. The van der Waals surface area contributed by atoms with Gasteiger partial charge in [0.15, 0.2) is 5.69 Å². The third-order valence-electron chi connectivity index (χ3n) is 5.02. The molecule has 0 unspecified atom stereocenters. The van der Waals surface area contributed by atoms with Crippen LogP contribution in [0.1, 0.15) is 21.7 Å². The Morgan fingerprint density at radius 3 is 3.24 bits per heavy atom. The van der Waals surface area contributed by atoms with Gasteiger partial charge in [0, 0.05) is 42.1 Å². The molecule has 3 aliphatic heterocycles. The number of carbonyl (C=O) groups excluding carboxylic acids is 1. The molecule has 4 heterocycles. The van der Waals surface area contributed by atoms with Crippen LogP contribution in [0.3, 0.4) is 0 Å². The fourth-order valence-electron chi connectivity index (χ4n) is 3.65. The van der Waals surface area contributed by atoms with Crippen LogP contribution in [0, 0.1) is 11.3 Å². The van der Waals surface area contributed by atoms with Crippen molar-refractivity contribution in [2.75, 3.05) is 39.5 Å². The number of aromatic nitrogens is 2. The molecule has 3 aliphatic rings. The van der Waals surface area contributed by atoms with E-state index < -0.39 is 0 Å². The van der Waals surface area contributed by atoms with E-state index in [9.17, 15) is 9.90 Å². The smallest absolute Gasteiger partial charge is 0.274 e. The second-order valence-electron chi connectivity index (χ2n) is 6.25. The van der Waals surface area contributed by atoms with E-state index in [1.807, 2.05) is 0 Å². The number of carbonyl (C=O) groups is 1. The highest BCUT2D eigenvalue weighted by atomic mass is 16.5. The molecule has 1 aromatic heterocycles. The maximum atomic E-state index is 12.7. The zero-order chi connectivity index (χ0) is 14.4. The Kier molecular flexibility index (Phi) is 3.02. The summed E-state index contributed by atoms with van der Waals surface area (Å²) < 4.78 is 10.9. The Balaban J connectivity index is 1.58. The second kappa shape index (κ2) is 4.79. The van der Waals surface area contributed by atoms with Crippen LogP contribution in [0.4, 0.5) is 0 Å². The van der Waals surface area contributed by atoms with Gasteiger partial charge in [-0.1, -0.05) is 0 Å². The first-order valence-electron chi connectivity index (χ1n) is 7.35. The van der Waals surface area contributed by atoms with E-state index in [1.165, 1.54) is 0 Å². The highest BCUT2D eigenvalue weighted by Crippen LogP contribution is 2.41. The first-order chi connectivity index (χ1) is 10.2. The Morgan fingerprint density at radius 2 is 2.43 bits per heavy atom. The van der Waals surface area contributed by atoms with Crippen molar-refractivity contribution in [2.24, 2.45) is 11.3 Å². The highest BCUT2D eigenvalue weighted by molar-refractivity contribution is 5.94. The van der Waals surface area contributed by atoms with Gasteiger partial charge in [0.05, 0.1) is 33.0 Å². The molecule has 1 aromatic rings. The molecule has 2 fully saturated rings. The van der Waals surface area contributed by atoms with E-state index in [0.717, 1.165) is 17.7 Å². The molecule has 114 valence electrons. The van der Waals surface area contributed by atoms with Crippen molar-refractivity contribution in [1.82, 2.24) is 15.1 Å². The van der Waals surface area contributed by atoms with Crippen LogP contribution in [0.25, 0.3) is 0 Å². The molecule has 1 amide bonds. The van der Waals surface area contributed by atoms with E-state index in [1.54, 1.807) is 4.90 Å². The normalized spacial score (nSPS) is 31.3. The van der Waals surface area contributed by atoms with Crippen molar-refractivity contribution < 1.29 is 19.4 Å². The van der Waals surface area contributed by atoms with Gasteiger partial charge < -0.3 is 19.5 Å². The van der Waals surface area contributed by atoms with Gasteiger partial charge in [0.25, 0.3) is 5.91 Å². The Hall–Kier alpha value is -1.44. The molecule has 0 radical (unpaired) electrons. The van der Waals surface area contributed by atoms with Crippen LogP contribution in [0.5, 0.6) is 0 Å². The number of hydrogen-bond acceptors (Lipinski definition) is 5. The number of hydrogen-bond donors (Lipinski definition) is 2. The van der Waals surface area contributed by atoms with Gasteiger partial charge in [0.1, 0.15) is 0 Å². The summed E-state index contributed by atoms with van der Waals surface area (Å²) in [7, 11) is 0. The summed E-state index contributed by atoms with van der Waals surface area (Å²) in [6, 6.07) is 0. The van der Waals surface area contributed by atoms with E-state index in [-0.39, 0.29) is 23.8 Å². The summed E-state index contributed by atoms with van der Waals surface area (Å²) in [5.74, 6) is 0.151. The van der Waals surface area contributed by atoms with Gasteiger partial charge in [-0.05, 0) is 0 Å². The van der Waals surface area contributed by atoms with Crippen molar-refractivity contribution >= 4 is 5.91 Å². The molecular formula is C14H19N3O4. The van der Waals surface area contributed by atoms with Gasteiger partial charge in [-0.2, -0.15) is 5.10 Å². The number of nitrogens with one attached hydrogen (secondary N) is 1. The Labute approximate surface area is 122 Å². The lowest BCUT2D eigenvalue weighted by atomic mass is 9.82. The minimum atomic E-state index is -0.289. The van der Waals surface area contributed by atoms with Crippen molar-refractivity contribution in [3.05, 3.63) is 17.0 Å². The maximum Gasteiger partial charge on any atom is 0.274 e. The summed E-state index contributed by atoms with van der Waals surface area (Å²) in [6.07, 6.45) is 0.770. The Morgan fingerprint density at radius 1 is 1.52 bits per heavy atom. The fraction of sp³-hybridized carbons (Fsp3) is 0.714. The summed E-state index contributed by atoms with van der Waals surface area (Å²) >= 11 is 0. The molecule has 7 nitrogen and oxygen atoms in total. The van der Waals surface area contributed by atoms with Gasteiger partial charge in [-0.3, -0.25) is 9.89 Å². The number of likely N-dealkylation sites (tertiary alicyclic amines) is 1. The molecule has 4 rings (SSSR count). The third-order valence-corrected chi connectivity index (χ3v) is 5.02. The fourth-order valence-corrected chi connectivity index (χ4v) is 3.65. The lowest BCUT2D eigenvalue weighted by molar-refractivity contribution is 0.0619. The lowest BCUT2D eigenvalue weighted by Crippen LogP contribution is -2.36. The van der Waals surface area contributed by atoms with Gasteiger partial charge in [0.2, 0.25) is 0 Å². The van der Waals surface area contributed by atoms with Crippen LogP contribution in [0.15, 0.2) is 0 Å². The van der Waals surface area contributed by atoms with E-state index in [4.69, 9.17) is 9.47 Å². The van der Waals surface area contributed by atoms with Gasteiger partial charge in [-0.25, -0.2) is 0 Å². The molecule has 0 saturated carbocycles. The van der Waals surface area contributed by atoms with Gasteiger partial charge >= 0.3 is 0 Å². The summed E-state index contributed by atoms with van der Waals surface area (Å²) in [6.45, 7) is 3.48. The zero-order valence-corrected chi connectivity index (χ0v) is 11.8. The van der Waals surface area contributed by atoms with Crippen LogP contribution in [-0.2, 0) is 22.5 Å². The molecule has 21 heavy (non-hydrogen) atoms.